The number of ether oxygens (including phenoxy) is 1. The van der Waals surface area contributed by atoms with Gasteiger partial charge in [-0.1, -0.05) is 0 Å². The van der Waals surface area contributed by atoms with Crippen LogP contribution in [-0.2, 0) is 4.74 Å². The van der Waals surface area contributed by atoms with Crippen LogP contribution in [0.2, 0.25) is 0 Å². The van der Waals surface area contributed by atoms with Crippen LogP contribution in [0.1, 0.15) is 25.3 Å². The normalized spacial score (nSPS) is 24.4. The van der Waals surface area contributed by atoms with E-state index in [-0.39, 0.29) is 0 Å². The molecule has 1 saturated heterocycles. The third kappa shape index (κ3) is 2.83. The maximum absolute atomic E-state index is 5.52. The van der Waals surface area contributed by atoms with E-state index in [0.29, 0.717) is 18.0 Å². The van der Waals surface area contributed by atoms with E-state index < -0.39 is 0 Å². The summed E-state index contributed by atoms with van der Waals surface area (Å²) in [6, 6.07) is 0.401. The first-order valence-electron chi connectivity index (χ1n) is 5.87. The number of nitrogens with one attached hydrogen (secondary N) is 2. The van der Waals surface area contributed by atoms with Crippen LogP contribution in [0.15, 0.2) is 6.33 Å². The molecule has 0 spiro atoms. The molecule has 1 aromatic rings. The van der Waals surface area contributed by atoms with Gasteiger partial charge in [0.05, 0.1) is 6.10 Å². The minimum Gasteiger partial charge on any atom is -0.378 e. The Balaban J connectivity index is 2.07. The molecule has 2 unspecified atom stereocenters. The molecule has 0 saturated carbocycles. The largest absolute Gasteiger partial charge is 0.378 e. The Kier molecular flexibility index (Phi) is 3.75. The highest BCUT2D eigenvalue weighted by atomic mass is 16.5. The van der Waals surface area contributed by atoms with Crippen LogP contribution in [0, 0.1) is 6.92 Å². The van der Waals surface area contributed by atoms with Crippen molar-refractivity contribution in [2.24, 2.45) is 5.84 Å². The van der Waals surface area contributed by atoms with Gasteiger partial charge in [-0.3, -0.25) is 0 Å². The Bertz CT molecular complexity index is 384. The number of anilines is 2. The molecule has 1 fully saturated rings. The van der Waals surface area contributed by atoms with Crippen LogP contribution in [0.25, 0.3) is 0 Å². The highest BCUT2D eigenvalue weighted by Crippen LogP contribution is 2.22. The van der Waals surface area contributed by atoms with E-state index in [4.69, 9.17) is 10.6 Å². The second-order valence-electron chi connectivity index (χ2n) is 4.39. The minimum absolute atomic E-state index is 0.301. The van der Waals surface area contributed by atoms with Gasteiger partial charge in [0.1, 0.15) is 18.0 Å². The van der Waals surface area contributed by atoms with Gasteiger partial charge in [0, 0.05) is 18.2 Å². The van der Waals surface area contributed by atoms with E-state index in [9.17, 15) is 0 Å². The van der Waals surface area contributed by atoms with E-state index in [2.05, 4.69) is 27.6 Å². The highest BCUT2D eigenvalue weighted by molar-refractivity contribution is 5.56. The first kappa shape index (κ1) is 12.1. The van der Waals surface area contributed by atoms with Gasteiger partial charge < -0.3 is 15.5 Å². The Morgan fingerprint density at radius 3 is 2.88 bits per heavy atom. The summed E-state index contributed by atoms with van der Waals surface area (Å²) in [7, 11) is 0. The quantitative estimate of drug-likeness (QED) is 0.538. The summed E-state index contributed by atoms with van der Waals surface area (Å²) in [5.74, 6) is 6.88. The van der Waals surface area contributed by atoms with Crippen LogP contribution >= 0.6 is 0 Å². The molecule has 6 heteroatoms. The fourth-order valence-corrected chi connectivity index (χ4v) is 2.06. The molecule has 6 nitrogen and oxygen atoms in total. The zero-order valence-corrected chi connectivity index (χ0v) is 10.2. The first-order chi connectivity index (χ1) is 8.20. The van der Waals surface area contributed by atoms with Crippen molar-refractivity contribution in [1.29, 1.82) is 0 Å². The summed E-state index contributed by atoms with van der Waals surface area (Å²) in [5.41, 5.74) is 3.50. The molecule has 2 heterocycles. The molecule has 4 N–H and O–H groups in total. The van der Waals surface area contributed by atoms with E-state index in [0.717, 1.165) is 30.8 Å². The predicted octanol–water partition coefficient (Wildman–Crippen LogP) is 1.05. The van der Waals surface area contributed by atoms with Crippen molar-refractivity contribution >= 4 is 11.6 Å². The molecular weight excluding hydrogens is 218 g/mol. The summed E-state index contributed by atoms with van der Waals surface area (Å²) in [5, 5.41) is 3.43. The van der Waals surface area contributed by atoms with Crippen LogP contribution in [0.3, 0.4) is 0 Å². The number of hydrazine groups is 1. The maximum atomic E-state index is 5.52. The molecule has 1 aliphatic rings. The van der Waals surface area contributed by atoms with Gasteiger partial charge in [-0.05, 0) is 26.7 Å². The molecule has 1 aliphatic heterocycles. The lowest BCUT2D eigenvalue weighted by Gasteiger charge is -2.28. The van der Waals surface area contributed by atoms with Crippen molar-refractivity contribution in [2.45, 2.75) is 38.8 Å². The summed E-state index contributed by atoms with van der Waals surface area (Å²) >= 11 is 0. The predicted molar refractivity (Wildman–Crippen MR) is 66.6 cm³/mol. The van der Waals surface area contributed by atoms with Crippen LogP contribution < -0.4 is 16.6 Å². The minimum atomic E-state index is 0.301. The third-order valence-electron chi connectivity index (χ3n) is 3.05. The standard InChI is InChI=1S/C11H19N5O/c1-7-5-9(3-4-17-7)15-10-8(2)11(16-12)14-6-13-10/h6-7,9H,3-5,12H2,1-2H3,(H2,13,14,15,16). The smallest absolute Gasteiger partial charge is 0.148 e. The lowest BCUT2D eigenvalue weighted by atomic mass is 10.0. The number of nitrogens with zero attached hydrogens (tertiary/aromatic N) is 2. The first-order valence-corrected chi connectivity index (χ1v) is 5.87. The number of rotatable bonds is 3. The van der Waals surface area contributed by atoms with E-state index in [1.807, 2.05) is 6.92 Å². The van der Waals surface area contributed by atoms with E-state index in [1.54, 1.807) is 0 Å². The van der Waals surface area contributed by atoms with Crippen LogP contribution in [0.5, 0.6) is 0 Å². The molecule has 1 aromatic heterocycles. The van der Waals surface area contributed by atoms with Crippen molar-refractivity contribution in [3.8, 4) is 0 Å². The molecule has 94 valence electrons. The van der Waals surface area contributed by atoms with Crippen LogP contribution in [0.4, 0.5) is 11.6 Å². The number of nitrogens with two attached hydrogens (primary N) is 1. The average Bonchev–Trinajstić information content (AvgIpc) is 2.32. The molecule has 0 aliphatic carbocycles. The van der Waals surface area contributed by atoms with Gasteiger partial charge in [-0.2, -0.15) is 0 Å². The van der Waals surface area contributed by atoms with Crippen molar-refractivity contribution in [3.05, 3.63) is 11.9 Å². The van der Waals surface area contributed by atoms with Gasteiger partial charge >= 0.3 is 0 Å². The van der Waals surface area contributed by atoms with Crippen molar-refractivity contribution < 1.29 is 4.74 Å². The molecule has 0 aromatic carbocycles. The van der Waals surface area contributed by atoms with Crippen molar-refractivity contribution in [2.75, 3.05) is 17.3 Å². The lowest BCUT2D eigenvalue weighted by Crippen LogP contribution is -2.33. The molecule has 2 atom stereocenters. The number of hydrogen-bond donors (Lipinski definition) is 3. The molecule has 2 rings (SSSR count). The van der Waals surface area contributed by atoms with Gasteiger partial charge in [0.25, 0.3) is 0 Å². The van der Waals surface area contributed by atoms with Crippen LogP contribution in [-0.4, -0.2) is 28.7 Å². The summed E-state index contributed by atoms with van der Waals surface area (Å²) in [6.07, 6.45) is 3.80. The number of aromatic nitrogens is 2. The van der Waals surface area contributed by atoms with Crippen molar-refractivity contribution in [3.63, 3.8) is 0 Å². The Morgan fingerprint density at radius 2 is 2.18 bits per heavy atom. The topological polar surface area (TPSA) is 85.1 Å². The number of hydrogen-bond acceptors (Lipinski definition) is 6. The zero-order valence-electron chi connectivity index (χ0n) is 10.2. The fraction of sp³-hybridized carbons (Fsp3) is 0.636. The molecular formula is C11H19N5O. The third-order valence-corrected chi connectivity index (χ3v) is 3.05. The number of nitrogen functional groups attached to an aromatic ring is 1. The second kappa shape index (κ2) is 5.29. The summed E-state index contributed by atoms with van der Waals surface area (Å²) in [4.78, 5) is 8.30. The van der Waals surface area contributed by atoms with Crippen molar-refractivity contribution in [1.82, 2.24) is 9.97 Å². The van der Waals surface area contributed by atoms with Gasteiger partial charge in [-0.25, -0.2) is 15.8 Å². The Hall–Kier alpha value is -1.40. The highest BCUT2D eigenvalue weighted by Gasteiger charge is 2.20. The van der Waals surface area contributed by atoms with Gasteiger partial charge in [-0.15, -0.1) is 0 Å². The molecule has 0 bridgehead atoms. The monoisotopic (exact) mass is 237 g/mol. The average molecular weight is 237 g/mol. The summed E-state index contributed by atoms with van der Waals surface area (Å²) in [6.45, 7) is 4.83. The Morgan fingerprint density at radius 1 is 1.41 bits per heavy atom. The summed E-state index contributed by atoms with van der Waals surface area (Å²) < 4.78 is 5.52. The maximum Gasteiger partial charge on any atom is 0.148 e. The molecule has 17 heavy (non-hydrogen) atoms. The van der Waals surface area contributed by atoms with E-state index in [1.165, 1.54) is 6.33 Å². The lowest BCUT2D eigenvalue weighted by molar-refractivity contribution is 0.0231. The Labute approximate surface area is 101 Å². The second-order valence-corrected chi connectivity index (χ2v) is 4.39. The molecule has 0 amide bonds. The zero-order chi connectivity index (χ0) is 12.3. The SMILES string of the molecule is Cc1c(NN)ncnc1NC1CCOC(C)C1. The van der Waals surface area contributed by atoms with E-state index >= 15 is 0 Å². The van der Waals surface area contributed by atoms with Gasteiger partial charge in [0.2, 0.25) is 0 Å². The van der Waals surface area contributed by atoms with Gasteiger partial charge in [0.15, 0.2) is 0 Å². The fourth-order valence-electron chi connectivity index (χ4n) is 2.06. The molecule has 0 radical (unpaired) electrons.